The van der Waals surface area contributed by atoms with Gasteiger partial charge in [-0.1, -0.05) is 44.8 Å². The first-order valence-electron chi connectivity index (χ1n) is 12.6. The van der Waals surface area contributed by atoms with Gasteiger partial charge in [0, 0.05) is 16.7 Å². The first kappa shape index (κ1) is 26.3. The van der Waals surface area contributed by atoms with E-state index < -0.39 is 0 Å². The van der Waals surface area contributed by atoms with Crippen molar-refractivity contribution >= 4 is 5.84 Å². The van der Waals surface area contributed by atoms with Gasteiger partial charge in [0.2, 0.25) is 0 Å². The molecule has 0 fully saturated rings. The van der Waals surface area contributed by atoms with Gasteiger partial charge in [0.15, 0.2) is 5.76 Å². The zero-order chi connectivity index (χ0) is 25.2. The maximum absolute atomic E-state index is 13.5. The van der Waals surface area contributed by atoms with E-state index in [1.54, 1.807) is 6.07 Å². The molecule has 0 amide bonds. The Morgan fingerprint density at radius 2 is 1.97 bits per heavy atom. The molecule has 3 rings (SSSR count). The van der Waals surface area contributed by atoms with Crippen molar-refractivity contribution in [2.45, 2.75) is 79.7 Å². The van der Waals surface area contributed by atoms with Crippen molar-refractivity contribution in [3.05, 3.63) is 82.3 Å². The first-order chi connectivity index (χ1) is 17.0. The summed E-state index contributed by atoms with van der Waals surface area (Å²) in [5.74, 6) is 1.22. The van der Waals surface area contributed by atoms with Crippen molar-refractivity contribution in [2.24, 2.45) is 4.99 Å². The third-order valence-electron chi connectivity index (χ3n) is 6.19. The number of amidine groups is 1. The van der Waals surface area contributed by atoms with Crippen molar-refractivity contribution in [3.8, 4) is 11.3 Å². The largest absolute Gasteiger partial charge is 0.359 e. The predicted octanol–water partition coefficient (Wildman–Crippen LogP) is 7.25. The minimum absolute atomic E-state index is 0.341. The number of pyridine rings is 1. The van der Waals surface area contributed by atoms with Gasteiger partial charge in [0.1, 0.15) is 18.2 Å². The van der Waals surface area contributed by atoms with E-state index in [-0.39, 0.29) is 5.82 Å². The lowest BCUT2D eigenvalue weighted by molar-refractivity contribution is 0.380. The first-order valence-corrected chi connectivity index (χ1v) is 12.6. The van der Waals surface area contributed by atoms with Gasteiger partial charge in [-0.15, -0.1) is 0 Å². The average molecular weight is 477 g/mol. The second kappa shape index (κ2) is 13.0. The van der Waals surface area contributed by atoms with Gasteiger partial charge in [-0.3, -0.25) is 9.98 Å². The van der Waals surface area contributed by atoms with Gasteiger partial charge in [-0.05, 0) is 81.1 Å². The third-order valence-corrected chi connectivity index (χ3v) is 6.19. The molecule has 0 aliphatic heterocycles. The molecule has 5 nitrogen and oxygen atoms in total. The molecule has 1 aromatic carbocycles. The van der Waals surface area contributed by atoms with Crippen LogP contribution in [0.1, 0.15) is 80.2 Å². The molecule has 0 aliphatic rings. The highest BCUT2D eigenvalue weighted by Crippen LogP contribution is 2.26. The number of nitrogens with zero attached hydrogens (tertiary/aromatic N) is 3. The summed E-state index contributed by atoms with van der Waals surface area (Å²) < 4.78 is 19.1. The Bertz CT molecular complexity index is 1160. The molecular weight excluding hydrogens is 439 g/mol. The highest BCUT2D eigenvalue weighted by molar-refractivity contribution is 6.02. The molecule has 0 aliphatic carbocycles. The Morgan fingerprint density at radius 3 is 2.66 bits per heavy atom. The highest BCUT2D eigenvalue weighted by Gasteiger charge is 2.16. The molecule has 6 heteroatoms. The molecule has 2 aromatic heterocycles. The topological polar surface area (TPSA) is 63.3 Å². The molecule has 0 saturated carbocycles. The lowest BCUT2D eigenvalue weighted by Gasteiger charge is -2.16. The minimum Gasteiger partial charge on any atom is -0.359 e. The minimum atomic E-state index is -0.341. The summed E-state index contributed by atoms with van der Waals surface area (Å²) in [7, 11) is 0. The summed E-state index contributed by atoms with van der Waals surface area (Å²) in [6.45, 7) is 11.0. The van der Waals surface area contributed by atoms with Gasteiger partial charge in [-0.25, -0.2) is 4.39 Å². The molecule has 0 spiro atoms. The maximum Gasteiger partial charge on any atom is 0.161 e. The van der Waals surface area contributed by atoms with Crippen molar-refractivity contribution < 1.29 is 8.91 Å². The molecule has 186 valence electrons. The van der Waals surface area contributed by atoms with Crippen LogP contribution < -0.4 is 5.32 Å². The third kappa shape index (κ3) is 6.87. The van der Waals surface area contributed by atoms with Crippen LogP contribution >= 0.6 is 0 Å². The molecule has 0 radical (unpaired) electrons. The zero-order valence-electron chi connectivity index (χ0n) is 21.6. The van der Waals surface area contributed by atoms with Crippen LogP contribution in [-0.2, 0) is 19.4 Å². The summed E-state index contributed by atoms with van der Waals surface area (Å²) in [5.41, 5.74) is 7.16. The molecule has 35 heavy (non-hydrogen) atoms. The van der Waals surface area contributed by atoms with Crippen LogP contribution in [0.4, 0.5) is 4.39 Å². The SMILES string of the molecule is CCC/C=C/NC(=NCc1onc(C)c1CC)c1cc(-c2ccc(F)cn2)cc(CCCC)c1C. The summed E-state index contributed by atoms with van der Waals surface area (Å²) in [6, 6.07) is 7.45. The number of nitrogens with one attached hydrogen (secondary N) is 1. The predicted molar refractivity (Wildman–Crippen MR) is 141 cm³/mol. The van der Waals surface area contributed by atoms with Crippen LogP contribution in [0.5, 0.6) is 0 Å². The van der Waals surface area contributed by atoms with Crippen LogP contribution in [0.2, 0.25) is 0 Å². The number of aliphatic imine (C=N–C) groups is 1. The van der Waals surface area contributed by atoms with Gasteiger partial charge in [0.05, 0.1) is 17.6 Å². The number of benzene rings is 1. The number of hydrogen-bond donors (Lipinski definition) is 1. The second-order valence-corrected chi connectivity index (χ2v) is 8.80. The quantitative estimate of drug-likeness (QED) is 0.234. The number of aromatic nitrogens is 2. The summed E-state index contributed by atoms with van der Waals surface area (Å²) >= 11 is 0. The van der Waals surface area contributed by atoms with E-state index in [2.05, 4.69) is 61.4 Å². The fraction of sp³-hybridized carbons (Fsp3) is 0.414. The van der Waals surface area contributed by atoms with Crippen LogP contribution in [-0.4, -0.2) is 16.0 Å². The normalized spacial score (nSPS) is 12.0. The Hall–Kier alpha value is -3.28. The van der Waals surface area contributed by atoms with Gasteiger partial charge in [0.25, 0.3) is 0 Å². The van der Waals surface area contributed by atoms with Gasteiger partial charge >= 0.3 is 0 Å². The number of aryl methyl sites for hydroxylation is 2. The van der Waals surface area contributed by atoms with E-state index in [0.29, 0.717) is 6.54 Å². The maximum atomic E-state index is 13.5. The smallest absolute Gasteiger partial charge is 0.161 e. The van der Waals surface area contributed by atoms with E-state index >= 15 is 0 Å². The molecular formula is C29H37FN4O. The van der Waals surface area contributed by atoms with E-state index in [0.717, 1.165) is 78.2 Å². The molecule has 0 atom stereocenters. The number of unbranched alkanes of at least 4 members (excludes halogenated alkanes) is 2. The summed E-state index contributed by atoms with van der Waals surface area (Å²) in [4.78, 5) is 9.29. The second-order valence-electron chi connectivity index (χ2n) is 8.80. The molecule has 0 saturated heterocycles. The van der Waals surface area contributed by atoms with E-state index in [4.69, 9.17) is 9.52 Å². The lowest BCUT2D eigenvalue weighted by Crippen LogP contribution is -2.21. The average Bonchev–Trinajstić information content (AvgIpc) is 3.22. The van der Waals surface area contributed by atoms with Gasteiger partial charge < -0.3 is 9.84 Å². The van der Waals surface area contributed by atoms with Crippen molar-refractivity contribution in [1.82, 2.24) is 15.5 Å². The fourth-order valence-electron chi connectivity index (χ4n) is 4.10. The van der Waals surface area contributed by atoms with Crippen LogP contribution in [0, 0.1) is 19.7 Å². The molecule has 1 N–H and O–H groups in total. The number of halogens is 1. The van der Waals surface area contributed by atoms with Crippen molar-refractivity contribution in [1.29, 1.82) is 0 Å². The molecule has 3 aromatic rings. The van der Waals surface area contributed by atoms with Gasteiger partial charge in [-0.2, -0.15) is 0 Å². The highest BCUT2D eigenvalue weighted by atomic mass is 19.1. The summed E-state index contributed by atoms with van der Waals surface area (Å²) in [5, 5.41) is 7.56. The Balaban J connectivity index is 2.09. The summed E-state index contributed by atoms with van der Waals surface area (Å²) in [6.07, 6.45) is 11.4. The van der Waals surface area contributed by atoms with Crippen LogP contribution in [0.25, 0.3) is 11.3 Å². The van der Waals surface area contributed by atoms with Crippen molar-refractivity contribution in [3.63, 3.8) is 0 Å². The standard InChI is InChI=1S/C29H37FN4O/c1-6-9-11-15-31-29(33-19-28-25(8-3)21(5)34-35-28)26-17-23(27-14-13-24(30)18-32-27)16-22(20(26)4)12-10-7-2/h11,13-18H,6-10,12,19H2,1-5H3,(H,31,33)/b15-11+. The number of rotatable bonds is 11. The van der Waals surface area contributed by atoms with E-state index in [9.17, 15) is 4.39 Å². The Kier molecular flexibility index (Phi) is 9.76. The Morgan fingerprint density at radius 1 is 1.14 bits per heavy atom. The number of hydrogen-bond acceptors (Lipinski definition) is 4. The molecule has 2 heterocycles. The molecule has 0 bridgehead atoms. The monoisotopic (exact) mass is 476 g/mol. The fourth-order valence-corrected chi connectivity index (χ4v) is 4.10. The molecule has 0 unspecified atom stereocenters. The van der Waals surface area contributed by atoms with E-state index in [1.165, 1.54) is 23.4 Å². The van der Waals surface area contributed by atoms with E-state index in [1.807, 2.05) is 13.1 Å². The van der Waals surface area contributed by atoms with Crippen LogP contribution in [0.3, 0.4) is 0 Å². The van der Waals surface area contributed by atoms with Crippen LogP contribution in [0.15, 0.2) is 52.3 Å². The lowest BCUT2D eigenvalue weighted by atomic mass is 9.93. The van der Waals surface area contributed by atoms with Crippen molar-refractivity contribution in [2.75, 3.05) is 0 Å². The Labute approximate surface area is 208 Å². The zero-order valence-corrected chi connectivity index (χ0v) is 21.6. The number of allylic oxidation sites excluding steroid dienone is 1.